The van der Waals surface area contributed by atoms with Gasteiger partial charge in [-0.1, -0.05) is 91.0 Å². The lowest BCUT2D eigenvalue weighted by molar-refractivity contribution is 0.106. The van der Waals surface area contributed by atoms with Gasteiger partial charge in [0.1, 0.15) is 11.6 Å². The van der Waals surface area contributed by atoms with E-state index in [4.69, 9.17) is 0 Å². The normalized spacial score (nSPS) is 11.1. The third kappa shape index (κ3) is 3.77. The van der Waals surface area contributed by atoms with Gasteiger partial charge in [0.05, 0.1) is 5.56 Å². The van der Waals surface area contributed by atoms with Crippen LogP contribution in [-0.2, 0) is 0 Å². The molecule has 0 amide bonds. The molecule has 0 aliphatic heterocycles. The first-order chi connectivity index (χ1) is 14.6. The Kier molecular flexibility index (Phi) is 5.74. The number of Topliss-reactive ketones (excluding diaryl/α,β-unsaturated/α-hetero) is 1. The van der Waals surface area contributed by atoms with Gasteiger partial charge < -0.3 is 0 Å². The highest BCUT2D eigenvalue weighted by molar-refractivity contribution is 7.95. The van der Waals surface area contributed by atoms with Crippen molar-refractivity contribution in [1.29, 1.82) is 0 Å². The maximum absolute atomic E-state index is 14.4. The molecule has 0 bridgehead atoms. The van der Waals surface area contributed by atoms with Gasteiger partial charge in [-0.3, -0.25) is 4.79 Å². The topological polar surface area (TPSA) is 17.1 Å². The smallest absolute Gasteiger partial charge is 0.189 e. The molecule has 0 saturated heterocycles. The van der Waals surface area contributed by atoms with Crippen LogP contribution in [0, 0.1) is 11.6 Å². The van der Waals surface area contributed by atoms with Crippen molar-refractivity contribution in [3.05, 3.63) is 126 Å². The van der Waals surface area contributed by atoms with Crippen LogP contribution in [0.3, 0.4) is 0 Å². The molecule has 4 heteroatoms. The Morgan fingerprint density at radius 1 is 0.633 bits per heavy atom. The van der Waals surface area contributed by atoms with E-state index < -0.39 is 24.3 Å². The van der Waals surface area contributed by atoms with E-state index in [-0.39, 0.29) is 5.56 Å². The van der Waals surface area contributed by atoms with Crippen molar-refractivity contribution in [3.8, 4) is 0 Å². The standard InChI is InChI=1S/C26H19F2OP/c27-20-16-17-24(25(28)18-20)26(29)19-30(21-10-4-1-5-11-21,22-12-6-2-7-13-22)23-14-8-3-9-15-23/h1-19H. The van der Waals surface area contributed by atoms with E-state index in [1.165, 1.54) is 6.07 Å². The van der Waals surface area contributed by atoms with Gasteiger partial charge in [-0.15, -0.1) is 0 Å². The van der Waals surface area contributed by atoms with E-state index in [1.54, 1.807) is 5.80 Å². The molecule has 4 aromatic carbocycles. The van der Waals surface area contributed by atoms with Crippen LogP contribution in [-0.4, -0.2) is 11.6 Å². The summed E-state index contributed by atoms with van der Waals surface area (Å²) >= 11 is 0. The molecule has 148 valence electrons. The summed E-state index contributed by atoms with van der Waals surface area (Å²) < 4.78 is 27.8. The lowest BCUT2D eigenvalue weighted by Crippen LogP contribution is -2.28. The summed E-state index contributed by atoms with van der Waals surface area (Å²) in [6.45, 7) is -2.54. The highest BCUT2D eigenvalue weighted by atomic mass is 31.2. The Balaban J connectivity index is 2.07. The first-order valence-corrected chi connectivity index (χ1v) is 11.4. The zero-order valence-electron chi connectivity index (χ0n) is 16.1. The zero-order chi connectivity index (χ0) is 21.0. The first-order valence-electron chi connectivity index (χ1n) is 9.52. The van der Waals surface area contributed by atoms with Crippen LogP contribution in [0.5, 0.6) is 0 Å². The van der Waals surface area contributed by atoms with Crippen LogP contribution in [0.2, 0.25) is 0 Å². The van der Waals surface area contributed by atoms with Crippen LogP contribution >= 0.6 is 6.89 Å². The number of hydrogen-bond acceptors (Lipinski definition) is 1. The summed E-state index contributed by atoms with van der Waals surface area (Å²) in [5.74, 6) is -0.385. The van der Waals surface area contributed by atoms with Crippen molar-refractivity contribution in [2.45, 2.75) is 0 Å². The monoisotopic (exact) mass is 416 g/mol. The molecule has 1 nitrogen and oxygen atoms in total. The average molecular weight is 416 g/mol. The molecule has 0 aromatic heterocycles. The fourth-order valence-electron chi connectivity index (χ4n) is 3.59. The summed E-state index contributed by atoms with van der Waals surface area (Å²) in [5, 5.41) is 2.95. The number of hydrogen-bond donors (Lipinski definition) is 0. The highest BCUT2D eigenvalue weighted by Gasteiger charge is 2.27. The third-order valence-electron chi connectivity index (χ3n) is 5.00. The van der Waals surface area contributed by atoms with Crippen LogP contribution in [0.15, 0.2) is 109 Å². The van der Waals surface area contributed by atoms with Gasteiger partial charge in [-0.05, 0) is 40.7 Å². The Hall–Kier alpha value is -3.29. The average Bonchev–Trinajstić information content (AvgIpc) is 2.79. The van der Waals surface area contributed by atoms with E-state index in [2.05, 4.69) is 0 Å². The van der Waals surface area contributed by atoms with Crippen molar-refractivity contribution in [3.63, 3.8) is 0 Å². The Morgan fingerprint density at radius 3 is 1.47 bits per heavy atom. The van der Waals surface area contributed by atoms with Gasteiger partial charge >= 0.3 is 0 Å². The van der Waals surface area contributed by atoms with Gasteiger partial charge in [0.25, 0.3) is 0 Å². The fraction of sp³-hybridized carbons (Fsp3) is 0. The lowest BCUT2D eigenvalue weighted by atomic mass is 10.1. The van der Waals surface area contributed by atoms with Crippen molar-refractivity contribution in [2.24, 2.45) is 0 Å². The molecule has 0 radical (unpaired) electrons. The molecule has 0 heterocycles. The second kappa shape index (κ2) is 8.61. The van der Waals surface area contributed by atoms with E-state index in [0.29, 0.717) is 0 Å². The summed E-state index contributed by atoms with van der Waals surface area (Å²) in [6, 6.07) is 32.5. The molecule has 4 aromatic rings. The van der Waals surface area contributed by atoms with Crippen molar-refractivity contribution < 1.29 is 13.6 Å². The van der Waals surface area contributed by atoms with E-state index in [0.717, 1.165) is 28.0 Å². The second-order valence-corrected chi connectivity index (χ2v) is 10.1. The van der Waals surface area contributed by atoms with Crippen LogP contribution in [0.1, 0.15) is 10.4 Å². The molecule has 0 saturated carbocycles. The summed E-state index contributed by atoms with van der Waals surface area (Å²) in [5.41, 5.74) is -0.136. The number of ketones is 1. The molecule has 0 aliphatic carbocycles. The van der Waals surface area contributed by atoms with Gasteiger partial charge in [0, 0.05) is 6.07 Å². The number of carbonyl (C=O) groups is 1. The fourth-order valence-corrected chi connectivity index (χ4v) is 7.35. The minimum atomic E-state index is -2.54. The lowest BCUT2D eigenvalue weighted by Gasteiger charge is -2.28. The minimum absolute atomic E-state index is 0.136. The predicted octanol–water partition coefficient (Wildman–Crippen LogP) is 4.94. The zero-order valence-corrected chi connectivity index (χ0v) is 17.0. The molecule has 0 aliphatic rings. The number of rotatable bonds is 5. The first kappa shape index (κ1) is 20.0. The molecule has 0 fully saturated rings. The van der Waals surface area contributed by atoms with Crippen molar-refractivity contribution in [1.82, 2.24) is 0 Å². The maximum Gasteiger partial charge on any atom is 0.189 e. The second-order valence-electron chi connectivity index (χ2n) is 6.85. The molecular weight excluding hydrogens is 397 g/mol. The van der Waals surface area contributed by atoms with Gasteiger partial charge in [0.15, 0.2) is 5.78 Å². The van der Waals surface area contributed by atoms with E-state index >= 15 is 0 Å². The minimum Gasteiger partial charge on any atom is -0.289 e. The van der Waals surface area contributed by atoms with Gasteiger partial charge in [-0.2, -0.15) is 0 Å². The molecule has 0 unspecified atom stereocenters. The molecule has 0 N–H and O–H groups in total. The Bertz CT molecular complexity index is 1120. The largest absolute Gasteiger partial charge is 0.289 e. The van der Waals surface area contributed by atoms with Crippen LogP contribution < -0.4 is 15.9 Å². The molecular formula is C26H19F2OP. The summed E-state index contributed by atoms with van der Waals surface area (Å²) in [6.07, 6.45) is 0. The van der Waals surface area contributed by atoms with Crippen LogP contribution in [0.4, 0.5) is 8.78 Å². The summed E-state index contributed by atoms with van der Waals surface area (Å²) in [7, 11) is 0. The van der Waals surface area contributed by atoms with E-state index in [9.17, 15) is 13.6 Å². The van der Waals surface area contributed by atoms with Crippen LogP contribution in [0.25, 0.3) is 0 Å². The molecule has 30 heavy (non-hydrogen) atoms. The third-order valence-corrected chi connectivity index (χ3v) is 8.96. The highest BCUT2D eigenvalue weighted by Crippen LogP contribution is 2.43. The van der Waals surface area contributed by atoms with Gasteiger partial charge in [-0.25, -0.2) is 8.78 Å². The van der Waals surface area contributed by atoms with E-state index in [1.807, 2.05) is 91.0 Å². The SMILES string of the molecule is O=C(C=P(c1ccccc1)(c1ccccc1)c1ccccc1)c1ccc(F)cc1F. The maximum atomic E-state index is 14.4. The summed E-state index contributed by atoms with van der Waals surface area (Å²) in [4.78, 5) is 13.3. The molecule has 4 rings (SSSR count). The quantitative estimate of drug-likeness (QED) is 0.333. The van der Waals surface area contributed by atoms with Crippen molar-refractivity contribution >= 4 is 34.4 Å². The Morgan fingerprint density at radius 2 is 1.07 bits per heavy atom. The predicted molar refractivity (Wildman–Crippen MR) is 122 cm³/mol. The van der Waals surface area contributed by atoms with Crippen molar-refractivity contribution in [2.75, 3.05) is 0 Å². The Labute approximate surface area is 174 Å². The molecule has 0 spiro atoms. The number of benzene rings is 4. The molecule has 0 atom stereocenters. The number of halogens is 2. The van der Waals surface area contributed by atoms with Gasteiger partial charge in [0.2, 0.25) is 0 Å². The number of carbonyl (C=O) groups excluding carboxylic acids is 1.